The van der Waals surface area contributed by atoms with Gasteiger partial charge >= 0.3 is 0 Å². The van der Waals surface area contributed by atoms with Crippen molar-refractivity contribution >= 4 is 46.0 Å². The normalized spacial score (nSPS) is 10.6. The summed E-state index contributed by atoms with van der Waals surface area (Å²) < 4.78 is 5.57. The molecule has 6 nitrogen and oxygen atoms in total. The van der Waals surface area contributed by atoms with Gasteiger partial charge in [0.15, 0.2) is 11.7 Å². The number of benzene rings is 3. The van der Waals surface area contributed by atoms with Crippen molar-refractivity contribution in [3.63, 3.8) is 0 Å². The molecule has 0 spiro atoms. The number of carbonyl (C=O) groups is 2. The van der Waals surface area contributed by atoms with E-state index in [2.05, 4.69) is 16.2 Å². The number of hydrogen-bond donors (Lipinski definition) is 3. The van der Waals surface area contributed by atoms with Crippen LogP contribution >= 0.6 is 12.2 Å². The van der Waals surface area contributed by atoms with Gasteiger partial charge in [-0.1, -0.05) is 60.7 Å². The largest absolute Gasteiger partial charge is 0.483 e. The van der Waals surface area contributed by atoms with Crippen LogP contribution in [0.15, 0.2) is 66.7 Å². The lowest BCUT2D eigenvalue weighted by molar-refractivity contribution is -0.123. The number of thiocarbonyl (C=S) groups is 1. The first-order chi connectivity index (χ1) is 14.9. The van der Waals surface area contributed by atoms with Crippen molar-refractivity contribution in [2.24, 2.45) is 0 Å². The Morgan fingerprint density at radius 1 is 0.935 bits per heavy atom. The van der Waals surface area contributed by atoms with Crippen LogP contribution in [0.25, 0.3) is 16.8 Å². The van der Waals surface area contributed by atoms with Crippen molar-refractivity contribution in [3.05, 3.63) is 83.4 Å². The lowest BCUT2D eigenvalue weighted by Gasteiger charge is -2.13. The molecule has 0 aliphatic heterocycles. The van der Waals surface area contributed by atoms with Crippen LogP contribution in [-0.2, 0) is 9.59 Å². The minimum atomic E-state index is -0.425. The Bertz CT molecular complexity index is 1130. The number of fused-ring (bicyclic) bond motifs is 1. The predicted molar refractivity (Wildman–Crippen MR) is 126 cm³/mol. The number of rotatable bonds is 5. The summed E-state index contributed by atoms with van der Waals surface area (Å²) in [4.78, 5) is 24.1. The van der Waals surface area contributed by atoms with Crippen molar-refractivity contribution in [3.8, 4) is 5.75 Å². The second-order valence-electron chi connectivity index (χ2n) is 6.90. The summed E-state index contributed by atoms with van der Waals surface area (Å²) in [7, 11) is 0. The highest BCUT2D eigenvalue weighted by Gasteiger charge is 2.08. The highest BCUT2D eigenvalue weighted by molar-refractivity contribution is 7.80. The van der Waals surface area contributed by atoms with E-state index in [4.69, 9.17) is 17.0 Å². The average molecular weight is 434 g/mol. The molecule has 0 aliphatic rings. The van der Waals surface area contributed by atoms with Crippen LogP contribution in [0.1, 0.15) is 16.7 Å². The molecule has 0 bridgehead atoms. The maximum atomic E-state index is 12.1. The number of aryl methyl sites for hydroxylation is 2. The number of para-hydroxylation sites is 1. The molecule has 0 heterocycles. The van der Waals surface area contributed by atoms with Gasteiger partial charge in [0.1, 0.15) is 5.75 Å². The molecule has 0 saturated carbocycles. The van der Waals surface area contributed by atoms with Gasteiger partial charge in [-0.25, -0.2) is 0 Å². The van der Waals surface area contributed by atoms with Gasteiger partial charge in [-0.15, -0.1) is 0 Å². The molecule has 2 amide bonds. The molecule has 7 heteroatoms. The Hall–Kier alpha value is -3.71. The first-order valence-corrected chi connectivity index (χ1v) is 10.1. The molecular formula is C24H23N3O3S. The van der Waals surface area contributed by atoms with E-state index < -0.39 is 11.8 Å². The molecule has 3 aromatic rings. The highest BCUT2D eigenvalue weighted by atomic mass is 32.1. The van der Waals surface area contributed by atoms with E-state index in [-0.39, 0.29) is 11.7 Å². The van der Waals surface area contributed by atoms with Gasteiger partial charge in [-0.05, 0) is 59.6 Å². The molecule has 0 saturated heterocycles. The molecular weight excluding hydrogens is 410 g/mol. The first-order valence-electron chi connectivity index (χ1n) is 9.68. The summed E-state index contributed by atoms with van der Waals surface area (Å²) in [5.74, 6) is -0.163. The first kappa shape index (κ1) is 22.0. The second kappa shape index (κ2) is 10.4. The third-order valence-electron chi connectivity index (χ3n) is 4.55. The second-order valence-corrected chi connectivity index (χ2v) is 7.31. The van der Waals surface area contributed by atoms with Crippen LogP contribution in [0.4, 0.5) is 0 Å². The Labute approximate surface area is 186 Å². The molecule has 0 aromatic heterocycles. The number of nitrogens with one attached hydrogen (secondary N) is 3. The van der Waals surface area contributed by atoms with Gasteiger partial charge in [0.05, 0.1) is 0 Å². The number of ether oxygens (including phenoxy) is 1. The average Bonchev–Trinajstić information content (AvgIpc) is 2.76. The Balaban J connectivity index is 1.46. The summed E-state index contributed by atoms with van der Waals surface area (Å²) >= 11 is 5.04. The topological polar surface area (TPSA) is 79.5 Å². The summed E-state index contributed by atoms with van der Waals surface area (Å²) in [6.07, 6.45) is 3.11. The molecule has 158 valence electrons. The molecule has 0 aliphatic carbocycles. The lowest BCUT2D eigenvalue weighted by Crippen LogP contribution is -2.49. The zero-order valence-electron chi connectivity index (χ0n) is 17.3. The maximum Gasteiger partial charge on any atom is 0.276 e. The molecule has 0 radical (unpaired) electrons. The number of hydrazine groups is 1. The fourth-order valence-corrected chi connectivity index (χ4v) is 3.22. The zero-order chi connectivity index (χ0) is 22.2. The maximum absolute atomic E-state index is 12.1. The minimum absolute atomic E-state index is 0.0204. The Morgan fingerprint density at radius 2 is 1.61 bits per heavy atom. The monoisotopic (exact) mass is 433 g/mol. The van der Waals surface area contributed by atoms with E-state index in [0.29, 0.717) is 5.75 Å². The SMILES string of the molecule is Cc1cccc(C)c1OCC(=O)NNC(=S)NC(=O)/C=C/c1cccc2ccccc12. The lowest BCUT2D eigenvalue weighted by atomic mass is 10.0. The molecule has 3 aromatic carbocycles. The van der Waals surface area contributed by atoms with Crippen LogP contribution < -0.4 is 20.9 Å². The molecule has 0 atom stereocenters. The standard InChI is InChI=1S/C24H23N3O3S/c1-16-7-5-8-17(2)23(16)30-15-22(29)26-27-24(31)25-21(28)14-13-19-11-6-10-18-9-3-4-12-20(18)19/h3-14H,15H2,1-2H3,(H,26,29)(H2,25,27,28,31)/b14-13+. The Morgan fingerprint density at radius 3 is 2.39 bits per heavy atom. The van der Waals surface area contributed by atoms with Crippen molar-refractivity contribution in [1.82, 2.24) is 16.2 Å². The van der Waals surface area contributed by atoms with Crippen LogP contribution in [0.3, 0.4) is 0 Å². The van der Waals surface area contributed by atoms with Gasteiger partial charge in [-0.2, -0.15) is 0 Å². The van der Waals surface area contributed by atoms with Crippen LogP contribution in [-0.4, -0.2) is 23.5 Å². The molecule has 0 fully saturated rings. The summed E-state index contributed by atoms with van der Waals surface area (Å²) in [6, 6.07) is 19.5. The van der Waals surface area contributed by atoms with E-state index in [1.54, 1.807) is 6.08 Å². The van der Waals surface area contributed by atoms with Gasteiger partial charge in [0, 0.05) is 6.08 Å². The van der Waals surface area contributed by atoms with Gasteiger partial charge in [-0.3, -0.25) is 25.8 Å². The number of hydrogen-bond acceptors (Lipinski definition) is 4. The minimum Gasteiger partial charge on any atom is -0.483 e. The van der Waals surface area contributed by atoms with Crippen LogP contribution in [0, 0.1) is 13.8 Å². The third-order valence-corrected chi connectivity index (χ3v) is 4.75. The van der Waals surface area contributed by atoms with Crippen LogP contribution in [0.2, 0.25) is 0 Å². The Kier molecular flexibility index (Phi) is 7.35. The summed E-state index contributed by atoms with van der Waals surface area (Å²) in [5.41, 5.74) is 7.71. The quantitative estimate of drug-likeness (QED) is 0.326. The van der Waals surface area contributed by atoms with Gasteiger partial charge < -0.3 is 4.74 Å². The number of carbonyl (C=O) groups excluding carboxylic acids is 2. The van der Waals surface area contributed by atoms with E-state index >= 15 is 0 Å². The predicted octanol–water partition coefficient (Wildman–Crippen LogP) is 3.57. The smallest absolute Gasteiger partial charge is 0.276 e. The third kappa shape index (κ3) is 6.13. The van der Waals surface area contributed by atoms with E-state index in [0.717, 1.165) is 27.5 Å². The van der Waals surface area contributed by atoms with E-state index in [1.165, 1.54) is 6.08 Å². The van der Waals surface area contributed by atoms with E-state index in [1.807, 2.05) is 74.5 Å². The fourth-order valence-electron chi connectivity index (χ4n) is 3.07. The van der Waals surface area contributed by atoms with Crippen LogP contribution in [0.5, 0.6) is 5.75 Å². The van der Waals surface area contributed by atoms with Crippen molar-refractivity contribution in [2.45, 2.75) is 13.8 Å². The molecule has 0 unspecified atom stereocenters. The zero-order valence-corrected chi connectivity index (χ0v) is 18.1. The molecule has 3 N–H and O–H groups in total. The van der Waals surface area contributed by atoms with Crippen molar-refractivity contribution in [2.75, 3.05) is 6.61 Å². The van der Waals surface area contributed by atoms with E-state index in [9.17, 15) is 9.59 Å². The highest BCUT2D eigenvalue weighted by Crippen LogP contribution is 2.22. The van der Waals surface area contributed by atoms with Crippen molar-refractivity contribution < 1.29 is 14.3 Å². The fraction of sp³-hybridized carbons (Fsp3) is 0.125. The molecule has 3 rings (SSSR count). The van der Waals surface area contributed by atoms with Crippen molar-refractivity contribution in [1.29, 1.82) is 0 Å². The van der Waals surface area contributed by atoms with Gasteiger partial charge in [0.25, 0.3) is 5.91 Å². The number of amides is 2. The summed E-state index contributed by atoms with van der Waals surface area (Å²) in [5, 5.41) is 4.60. The van der Waals surface area contributed by atoms with Gasteiger partial charge in [0.2, 0.25) is 5.91 Å². The summed E-state index contributed by atoms with van der Waals surface area (Å²) in [6.45, 7) is 3.64. The molecule has 31 heavy (non-hydrogen) atoms.